The average Bonchev–Trinajstić information content (AvgIpc) is 3.24. The Kier molecular flexibility index (Phi) is 3.58. The van der Waals surface area contributed by atoms with Crippen molar-refractivity contribution in [1.82, 2.24) is 5.32 Å². The molecule has 1 fully saturated rings. The lowest BCUT2D eigenvalue weighted by Gasteiger charge is -2.10. The van der Waals surface area contributed by atoms with E-state index in [2.05, 4.69) is 30.4 Å². The van der Waals surface area contributed by atoms with Gasteiger partial charge in [-0.2, -0.15) is 0 Å². The first kappa shape index (κ1) is 13.3. The number of nitrogens with one attached hydrogen (secondary N) is 1. The molecule has 2 aromatic rings. The van der Waals surface area contributed by atoms with E-state index in [1.165, 1.54) is 24.0 Å². The van der Waals surface area contributed by atoms with E-state index in [1.54, 1.807) is 13.0 Å². The molecule has 2 heteroatoms. The Hall–Kier alpha value is -1.67. The Balaban J connectivity index is 1.83. The lowest BCUT2D eigenvalue weighted by atomic mass is 9.97. The summed E-state index contributed by atoms with van der Waals surface area (Å²) in [7, 11) is 0. The maximum Gasteiger partial charge on any atom is 0.126 e. The number of hydrogen-bond donors (Lipinski definition) is 1. The lowest BCUT2D eigenvalue weighted by molar-refractivity contribution is 0.619. The van der Waals surface area contributed by atoms with Gasteiger partial charge in [-0.1, -0.05) is 30.3 Å². The van der Waals surface area contributed by atoms with Crippen LogP contribution in [0.15, 0.2) is 36.4 Å². The van der Waals surface area contributed by atoms with E-state index in [9.17, 15) is 4.39 Å². The molecule has 0 heterocycles. The molecule has 0 amide bonds. The van der Waals surface area contributed by atoms with Crippen molar-refractivity contribution >= 4 is 0 Å². The van der Waals surface area contributed by atoms with Crippen molar-refractivity contribution < 1.29 is 4.39 Å². The lowest BCUT2D eigenvalue weighted by Crippen LogP contribution is -2.15. The van der Waals surface area contributed by atoms with Crippen LogP contribution in [0.3, 0.4) is 0 Å². The first-order valence-electron chi connectivity index (χ1n) is 7.23. The number of rotatable bonds is 4. The van der Waals surface area contributed by atoms with Gasteiger partial charge in [0.15, 0.2) is 0 Å². The fourth-order valence-corrected chi connectivity index (χ4v) is 2.47. The summed E-state index contributed by atoms with van der Waals surface area (Å²) in [4.78, 5) is 0. The summed E-state index contributed by atoms with van der Waals surface area (Å²) in [5.41, 5.74) is 5.25. The summed E-state index contributed by atoms with van der Waals surface area (Å²) in [6, 6.07) is 12.6. The Morgan fingerprint density at radius 2 is 1.85 bits per heavy atom. The van der Waals surface area contributed by atoms with Crippen LogP contribution in [0, 0.1) is 19.7 Å². The summed E-state index contributed by atoms with van der Waals surface area (Å²) >= 11 is 0. The molecule has 0 atom stereocenters. The molecule has 0 aromatic heterocycles. The molecule has 1 nitrogen and oxygen atoms in total. The molecule has 1 aliphatic carbocycles. The number of halogens is 1. The summed E-state index contributed by atoms with van der Waals surface area (Å²) in [6.45, 7) is 4.81. The third-order valence-corrected chi connectivity index (χ3v) is 3.95. The van der Waals surface area contributed by atoms with Crippen molar-refractivity contribution in [2.24, 2.45) is 0 Å². The maximum absolute atomic E-state index is 13.7. The SMILES string of the molecule is Cc1ccc(-c2ccc(CNC3CC3)cc2C)cc1F. The molecule has 1 aliphatic rings. The third-order valence-electron chi connectivity index (χ3n) is 3.95. The largest absolute Gasteiger partial charge is 0.310 e. The highest BCUT2D eigenvalue weighted by atomic mass is 19.1. The van der Waals surface area contributed by atoms with Crippen LogP contribution >= 0.6 is 0 Å². The van der Waals surface area contributed by atoms with Gasteiger partial charge in [0.2, 0.25) is 0 Å². The first-order chi connectivity index (χ1) is 9.63. The van der Waals surface area contributed by atoms with Gasteiger partial charge in [-0.15, -0.1) is 0 Å². The fourth-order valence-electron chi connectivity index (χ4n) is 2.47. The van der Waals surface area contributed by atoms with Gasteiger partial charge in [0.1, 0.15) is 5.82 Å². The van der Waals surface area contributed by atoms with E-state index in [0.717, 1.165) is 23.7 Å². The molecule has 0 saturated heterocycles. The smallest absolute Gasteiger partial charge is 0.126 e. The van der Waals surface area contributed by atoms with Crippen LogP contribution < -0.4 is 5.32 Å². The molecular formula is C18H20FN. The predicted molar refractivity (Wildman–Crippen MR) is 81.2 cm³/mol. The zero-order chi connectivity index (χ0) is 14.1. The van der Waals surface area contributed by atoms with Crippen molar-refractivity contribution in [3.63, 3.8) is 0 Å². The second kappa shape index (κ2) is 5.37. The van der Waals surface area contributed by atoms with Crippen molar-refractivity contribution in [2.75, 3.05) is 0 Å². The Morgan fingerprint density at radius 1 is 1.05 bits per heavy atom. The van der Waals surface area contributed by atoms with E-state index in [1.807, 2.05) is 12.1 Å². The molecule has 1 saturated carbocycles. The van der Waals surface area contributed by atoms with Crippen molar-refractivity contribution in [1.29, 1.82) is 0 Å². The normalized spacial score (nSPS) is 14.6. The minimum atomic E-state index is -0.138. The van der Waals surface area contributed by atoms with Crippen LogP contribution in [0.1, 0.15) is 29.5 Å². The molecule has 0 unspecified atom stereocenters. The molecule has 104 valence electrons. The minimum absolute atomic E-state index is 0.138. The highest BCUT2D eigenvalue weighted by molar-refractivity contribution is 5.68. The molecule has 0 aliphatic heterocycles. The van der Waals surface area contributed by atoms with Crippen LogP contribution in [0.4, 0.5) is 4.39 Å². The summed E-state index contributed by atoms with van der Waals surface area (Å²) in [6.07, 6.45) is 2.61. The van der Waals surface area contributed by atoms with Crippen molar-refractivity contribution in [3.8, 4) is 11.1 Å². The van der Waals surface area contributed by atoms with Gasteiger partial charge in [0.25, 0.3) is 0 Å². The van der Waals surface area contributed by atoms with Crippen LogP contribution in [0.2, 0.25) is 0 Å². The van der Waals surface area contributed by atoms with Gasteiger partial charge in [0, 0.05) is 12.6 Å². The van der Waals surface area contributed by atoms with Gasteiger partial charge in [-0.25, -0.2) is 4.39 Å². The van der Waals surface area contributed by atoms with Gasteiger partial charge in [-0.05, 0) is 60.6 Å². The highest BCUT2D eigenvalue weighted by Crippen LogP contribution is 2.26. The van der Waals surface area contributed by atoms with Crippen LogP contribution in [-0.2, 0) is 6.54 Å². The topological polar surface area (TPSA) is 12.0 Å². The standard InChI is InChI=1S/C18H20FN/c1-12-3-5-15(10-18(12)19)17-8-4-14(9-13(17)2)11-20-16-6-7-16/h3-5,8-10,16,20H,6-7,11H2,1-2H3. The van der Waals surface area contributed by atoms with Gasteiger partial charge in [0.05, 0.1) is 0 Å². The average molecular weight is 269 g/mol. The summed E-state index contributed by atoms with van der Waals surface area (Å²) < 4.78 is 13.7. The van der Waals surface area contributed by atoms with E-state index < -0.39 is 0 Å². The predicted octanol–water partition coefficient (Wildman–Crippen LogP) is 4.36. The van der Waals surface area contributed by atoms with E-state index >= 15 is 0 Å². The Bertz CT molecular complexity index is 629. The number of hydrogen-bond acceptors (Lipinski definition) is 1. The minimum Gasteiger partial charge on any atom is -0.310 e. The molecule has 2 aromatic carbocycles. The highest BCUT2D eigenvalue weighted by Gasteiger charge is 2.19. The van der Waals surface area contributed by atoms with Crippen LogP contribution in [0.5, 0.6) is 0 Å². The second-order valence-electron chi connectivity index (χ2n) is 5.77. The van der Waals surface area contributed by atoms with Crippen LogP contribution in [0.25, 0.3) is 11.1 Å². The van der Waals surface area contributed by atoms with E-state index in [4.69, 9.17) is 0 Å². The molecular weight excluding hydrogens is 249 g/mol. The fraction of sp³-hybridized carbons (Fsp3) is 0.333. The zero-order valence-corrected chi connectivity index (χ0v) is 12.0. The molecule has 3 rings (SSSR count). The summed E-state index contributed by atoms with van der Waals surface area (Å²) in [5, 5.41) is 3.52. The van der Waals surface area contributed by atoms with E-state index in [0.29, 0.717) is 5.56 Å². The molecule has 1 N–H and O–H groups in total. The first-order valence-corrected chi connectivity index (χ1v) is 7.23. The molecule has 0 spiro atoms. The van der Waals surface area contributed by atoms with Crippen LogP contribution in [-0.4, -0.2) is 6.04 Å². The quantitative estimate of drug-likeness (QED) is 0.869. The van der Waals surface area contributed by atoms with Gasteiger partial charge < -0.3 is 5.32 Å². The zero-order valence-electron chi connectivity index (χ0n) is 12.0. The number of aryl methyl sites for hydroxylation is 2. The molecule has 20 heavy (non-hydrogen) atoms. The molecule has 0 radical (unpaired) electrons. The monoisotopic (exact) mass is 269 g/mol. The Morgan fingerprint density at radius 3 is 2.50 bits per heavy atom. The van der Waals surface area contributed by atoms with Gasteiger partial charge in [-0.3, -0.25) is 0 Å². The van der Waals surface area contributed by atoms with Crippen molar-refractivity contribution in [2.45, 2.75) is 39.3 Å². The second-order valence-corrected chi connectivity index (χ2v) is 5.77. The third kappa shape index (κ3) is 2.91. The maximum atomic E-state index is 13.7. The Labute approximate surface area is 119 Å². The van der Waals surface area contributed by atoms with Crippen molar-refractivity contribution in [3.05, 3.63) is 58.9 Å². The van der Waals surface area contributed by atoms with Gasteiger partial charge >= 0.3 is 0 Å². The number of benzene rings is 2. The van der Waals surface area contributed by atoms with E-state index in [-0.39, 0.29) is 5.82 Å². The molecule has 0 bridgehead atoms. The summed E-state index contributed by atoms with van der Waals surface area (Å²) in [5.74, 6) is -0.138.